The lowest BCUT2D eigenvalue weighted by molar-refractivity contribution is 0.0950. The van der Waals surface area contributed by atoms with Gasteiger partial charge in [0.25, 0.3) is 5.91 Å². The number of amides is 1. The van der Waals surface area contributed by atoms with Crippen LogP contribution >= 0.6 is 0 Å². The molecule has 0 bridgehead atoms. The molecule has 1 N–H and O–H groups in total. The minimum atomic E-state index is -0.186. The Kier molecular flexibility index (Phi) is 6.24. The van der Waals surface area contributed by atoms with E-state index >= 15 is 0 Å². The summed E-state index contributed by atoms with van der Waals surface area (Å²) in [4.78, 5) is 22.8. The summed E-state index contributed by atoms with van der Waals surface area (Å²) in [7, 11) is 3.93. The highest BCUT2D eigenvalue weighted by atomic mass is 19.1. The number of rotatable bonds is 6. The van der Waals surface area contributed by atoms with Crippen LogP contribution in [0, 0.1) is 5.82 Å². The first-order valence-corrected chi connectivity index (χ1v) is 9.18. The average molecular weight is 371 g/mol. The Morgan fingerprint density at radius 2 is 1.81 bits per heavy atom. The van der Waals surface area contributed by atoms with Gasteiger partial charge in [0, 0.05) is 45.5 Å². The molecule has 1 fully saturated rings. The first-order valence-electron chi connectivity index (χ1n) is 9.18. The SMILES string of the molecule is CN(C)CCNC(=O)c1ccc(N2CCN(c3ccccc3F)CC2)nc1. The highest BCUT2D eigenvalue weighted by Crippen LogP contribution is 2.22. The Morgan fingerprint density at radius 1 is 1.11 bits per heavy atom. The molecule has 0 atom stereocenters. The summed E-state index contributed by atoms with van der Waals surface area (Å²) in [5.41, 5.74) is 1.21. The van der Waals surface area contributed by atoms with Gasteiger partial charge < -0.3 is 20.0 Å². The van der Waals surface area contributed by atoms with E-state index in [1.165, 1.54) is 6.07 Å². The number of benzene rings is 1. The van der Waals surface area contributed by atoms with Gasteiger partial charge in [-0.1, -0.05) is 12.1 Å². The Balaban J connectivity index is 1.54. The van der Waals surface area contributed by atoms with Crippen LogP contribution in [0.15, 0.2) is 42.6 Å². The highest BCUT2D eigenvalue weighted by molar-refractivity contribution is 5.94. The third kappa shape index (κ3) is 4.95. The Hall–Kier alpha value is -2.67. The molecule has 3 rings (SSSR count). The van der Waals surface area contributed by atoms with Gasteiger partial charge in [0.05, 0.1) is 11.3 Å². The topological polar surface area (TPSA) is 51.7 Å². The van der Waals surface area contributed by atoms with Crippen LogP contribution in [-0.4, -0.2) is 69.2 Å². The predicted octanol–water partition coefficient (Wildman–Crippen LogP) is 1.84. The summed E-state index contributed by atoms with van der Waals surface area (Å²) in [6, 6.07) is 10.5. The van der Waals surface area contributed by atoms with E-state index in [9.17, 15) is 9.18 Å². The molecule has 1 amide bonds. The molecule has 144 valence electrons. The Labute approximate surface area is 159 Å². The molecule has 6 nitrogen and oxygen atoms in total. The van der Waals surface area contributed by atoms with Crippen molar-refractivity contribution in [2.24, 2.45) is 0 Å². The number of aromatic nitrogens is 1. The zero-order valence-electron chi connectivity index (χ0n) is 15.9. The first kappa shape index (κ1) is 19.1. The van der Waals surface area contributed by atoms with Crippen LogP contribution in [0.3, 0.4) is 0 Å². The molecule has 1 aliphatic rings. The molecule has 2 aromatic rings. The number of carbonyl (C=O) groups is 1. The highest BCUT2D eigenvalue weighted by Gasteiger charge is 2.20. The summed E-state index contributed by atoms with van der Waals surface area (Å²) < 4.78 is 13.9. The van der Waals surface area contributed by atoms with Gasteiger partial charge in [-0.25, -0.2) is 9.37 Å². The molecule has 2 heterocycles. The minimum absolute atomic E-state index is 0.111. The van der Waals surface area contributed by atoms with Gasteiger partial charge in [0.15, 0.2) is 0 Å². The summed E-state index contributed by atoms with van der Waals surface area (Å²) in [6.07, 6.45) is 1.61. The van der Waals surface area contributed by atoms with Gasteiger partial charge in [-0.15, -0.1) is 0 Å². The lowest BCUT2D eigenvalue weighted by Crippen LogP contribution is -2.47. The summed E-state index contributed by atoms with van der Waals surface area (Å²) in [5, 5.41) is 2.88. The molecule has 1 saturated heterocycles. The van der Waals surface area contributed by atoms with Crippen molar-refractivity contribution in [2.45, 2.75) is 0 Å². The smallest absolute Gasteiger partial charge is 0.252 e. The lowest BCUT2D eigenvalue weighted by atomic mass is 10.2. The largest absolute Gasteiger partial charge is 0.366 e. The quantitative estimate of drug-likeness (QED) is 0.840. The molecule has 27 heavy (non-hydrogen) atoms. The second-order valence-corrected chi connectivity index (χ2v) is 6.89. The molecule has 1 aliphatic heterocycles. The van der Waals surface area contributed by atoms with Crippen molar-refractivity contribution < 1.29 is 9.18 Å². The van der Waals surface area contributed by atoms with Crippen molar-refractivity contribution in [1.29, 1.82) is 0 Å². The maximum atomic E-state index is 13.9. The molecule has 0 saturated carbocycles. The van der Waals surface area contributed by atoms with Crippen molar-refractivity contribution >= 4 is 17.4 Å². The number of likely N-dealkylation sites (N-methyl/N-ethyl adjacent to an activating group) is 1. The third-order valence-electron chi connectivity index (χ3n) is 4.65. The number of hydrogen-bond donors (Lipinski definition) is 1. The predicted molar refractivity (Wildman–Crippen MR) is 106 cm³/mol. The Morgan fingerprint density at radius 3 is 2.44 bits per heavy atom. The van der Waals surface area contributed by atoms with Crippen molar-refractivity contribution in [3.8, 4) is 0 Å². The van der Waals surface area contributed by atoms with E-state index in [0.717, 1.165) is 38.5 Å². The van der Waals surface area contributed by atoms with E-state index in [4.69, 9.17) is 0 Å². The van der Waals surface area contributed by atoms with Crippen molar-refractivity contribution in [3.05, 3.63) is 54.0 Å². The third-order valence-corrected chi connectivity index (χ3v) is 4.65. The molecular formula is C20H26FN5O. The van der Waals surface area contributed by atoms with Crippen LogP contribution < -0.4 is 15.1 Å². The van der Waals surface area contributed by atoms with E-state index in [1.807, 2.05) is 37.2 Å². The monoisotopic (exact) mass is 371 g/mol. The molecule has 0 unspecified atom stereocenters. The molecule has 1 aromatic heterocycles. The number of anilines is 2. The van der Waals surface area contributed by atoms with Gasteiger partial charge >= 0.3 is 0 Å². The van der Waals surface area contributed by atoms with Gasteiger partial charge in [-0.3, -0.25) is 4.79 Å². The Bertz CT molecular complexity index is 757. The fourth-order valence-corrected chi connectivity index (χ4v) is 3.09. The van der Waals surface area contributed by atoms with Crippen LogP contribution in [0.2, 0.25) is 0 Å². The minimum Gasteiger partial charge on any atom is -0.366 e. The van der Waals surface area contributed by atoms with Gasteiger partial charge in [0.1, 0.15) is 11.6 Å². The summed E-state index contributed by atoms with van der Waals surface area (Å²) in [6.45, 7) is 4.38. The number of para-hydroxylation sites is 1. The molecular weight excluding hydrogens is 345 g/mol. The molecule has 0 radical (unpaired) electrons. The van der Waals surface area contributed by atoms with E-state index in [0.29, 0.717) is 17.8 Å². The van der Waals surface area contributed by atoms with Crippen molar-refractivity contribution in [3.63, 3.8) is 0 Å². The van der Waals surface area contributed by atoms with E-state index in [2.05, 4.69) is 20.1 Å². The van der Waals surface area contributed by atoms with Crippen LogP contribution in [0.1, 0.15) is 10.4 Å². The molecule has 7 heteroatoms. The van der Waals surface area contributed by atoms with Crippen LogP contribution in [0.4, 0.5) is 15.9 Å². The maximum absolute atomic E-state index is 13.9. The second-order valence-electron chi connectivity index (χ2n) is 6.89. The zero-order chi connectivity index (χ0) is 19.2. The van der Waals surface area contributed by atoms with Crippen LogP contribution in [0.25, 0.3) is 0 Å². The van der Waals surface area contributed by atoms with E-state index in [1.54, 1.807) is 18.3 Å². The number of piperazine rings is 1. The molecule has 1 aromatic carbocycles. The lowest BCUT2D eigenvalue weighted by Gasteiger charge is -2.36. The fraction of sp³-hybridized carbons (Fsp3) is 0.400. The number of pyridine rings is 1. The van der Waals surface area contributed by atoms with Crippen molar-refractivity contribution in [1.82, 2.24) is 15.2 Å². The number of carbonyl (C=O) groups excluding carboxylic acids is 1. The number of nitrogens with zero attached hydrogens (tertiary/aromatic N) is 4. The summed E-state index contributed by atoms with van der Waals surface area (Å²) >= 11 is 0. The van der Waals surface area contributed by atoms with Gasteiger partial charge in [0.2, 0.25) is 0 Å². The second kappa shape index (κ2) is 8.81. The van der Waals surface area contributed by atoms with E-state index in [-0.39, 0.29) is 11.7 Å². The number of nitrogens with one attached hydrogen (secondary N) is 1. The zero-order valence-corrected chi connectivity index (χ0v) is 15.9. The van der Waals surface area contributed by atoms with Gasteiger partial charge in [-0.2, -0.15) is 0 Å². The summed E-state index contributed by atoms with van der Waals surface area (Å²) in [5.74, 6) is 0.544. The van der Waals surface area contributed by atoms with E-state index < -0.39 is 0 Å². The maximum Gasteiger partial charge on any atom is 0.252 e. The van der Waals surface area contributed by atoms with Crippen LogP contribution in [0.5, 0.6) is 0 Å². The fourth-order valence-electron chi connectivity index (χ4n) is 3.09. The molecule has 0 spiro atoms. The standard InChI is InChI=1S/C20H26FN5O/c1-24(2)10-9-22-20(27)16-7-8-19(23-15-16)26-13-11-25(12-14-26)18-6-4-3-5-17(18)21/h3-8,15H,9-14H2,1-2H3,(H,22,27). The average Bonchev–Trinajstić information content (AvgIpc) is 2.68. The molecule has 0 aliphatic carbocycles. The number of hydrogen-bond acceptors (Lipinski definition) is 5. The van der Waals surface area contributed by atoms with Crippen LogP contribution in [-0.2, 0) is 0 Å². The first-order chi connectivity index (χ1) is 13.0. The van der Waals surface area contributed by atoms with Gasteiger partial charge in [-0.05, 0) is 38.4 Å². The van der Waals surface area contributed by atoms with Crippen molar-refractivity contribution in [2.75, 3.05) is 63.2 Å². The number of halogens is 1. The normalized spacial score (nSPS) is 14.5.